The molecule has 158 valence electrons. The van der Waals surface area contributed by atoms with Crippen molar-refractivity contribution in [1.29, 1.82) is 0 Å². The van der Waals surface area contributed by atoms with Gasteiger partial charge in [-0.15, -0.1) is 0 Å². The first-order valence-corrected chi connectivity index (χ1v) is 10.6. The van der Waals surface area contributed by atoms with Crippen molar-refractivity contribution in [3.63, 3.8) is 0 Å². The van der Waals surface area contributed by atoms with Gasteiger partial charge in [0.05, 0.1) is 12.5 Å². The number of likely N-dealkylation sites (tertiary alicyclic amines) is 1. The lowest BCUT2D eigenvalue weighted by molar-refractivity contribution is -0.137. The largest absolute Gasteiger partial charge is 0.355 e. The lowest BCUT2D eigenvalue weighted by Crippen LogP contribution is -2.52. The molecule has 0 spiro atoms. The summed E-state index contributed by atoms with van der Waals surface area (Å²) in [6.07, 6.45) is 1.22. The van der Waals surface area contributed by atoms with Gasteiger partial charge in [0.1, 0.15) is 0 Å². The van der Waals surface area contributed by atoms with E-state index in [0.29, 0.717) is 58.8 Å². The van der Waals surface area contributed by atoms with Gasteiger partial charge in [-0.2, -0.15) is 0 Å². The molecule has 7 heteroatoms. The van der Waals surface area contributed by atoms with Crippen LogP contribution in [0, 0.1) is 12.8 Å². The number of nitrogens with zero attached hydrogens (tertiary/aromatic N) is 3. The summed E-state index contributed by atoms with van der Waals surface area (Å²) in [5.74, 6) is -0.0953. The third kappa shape index (κ3) is 5.79. The molecule has 0 bridgehead atoms. The van der Waals surface area contributed by atoms with E-state index in [2.05, 4.69) is 10.2 Å². The van der Waals surface area contributed by atoms with E-state index in [0.717, 1.165) is 12.0 Å². The topological polar surface area (TPSA) is 73.0 Å². The van der Waals surface area contributed by atoms with Crippen LogP contribution in [0.15, 0.2) is 24.3 Å². The van der Waals surface area contributed by atoms with E-state index in [1.807, 2.05) is 43.0 Å². The number of nitrogens with one attached hydrogen (secondary N) is 1. The summed E-state index contributed by atoms with van der Waals surface area (Å²) in [7, 11) is 0. The molecule has 1 aromatic rings. The van der Waals surface area contributed by atoms with Gasteiger partial charge in [0.25, 0.3) is 0 Å². The first-order valence-electron chi connectivity index (χ1n) is 10.6. The van der Waals surface area contributed by atoms with E-state index >= 15 is 0 Å². The van der Waals surface area contributed by atoms with Crippen LogP contribution in [-0.4, -0.2) is 78.2 Å². The van der Waals surface area contributed by atoms with Gasteiger partial charge in [0.2, 0.25) is 17.7 Å². The van der Waals surface area contributed by atoms with Crippen LogP contribution in [0.25, 0.3) is 0 Å². The number of carbonyl (C=O) groups is 3. The van der Waals surface area contributed by atoms with Crippen molar-refractivity contribution in [3.8, 4) is 0 Å². The second kappa shape index (κ2) is 9.87. The molecule has 3 amide bonds. The Hall–Kier alpha value is -2.41. The monoisotopic (exact) mass is 400 g/mol. The molecule has 1 unspecified atom stereocenters. The summed E-state index contributed by atoms with van der Waals surface area (Å²) in [5, 5.41) is 2.89. The van der Waals surface area contributed by atoms with Crippen molar-refractivity contribution in [1.82, 2.24) is 20.0 Å². The zero-order valence-electron chi connectivity index (χ0n) is 17.5. The molecule has 2 heterocycles. The van der Waals surface area contributed by atoms with Crippen LogP contribution in [0.1, 0.15) is 30.9 Å². The second-order valence-electron chi connectivity index (χ2n) is 8.11. The lowest BCUT2D eigenvalue weighted by atomic mass is 10.1. The predicted octanol–water partition coefficient (Wildman–Crippen LogP) is 1.01. The van der Waals surface area contributed by atoms with Crippen LogP contribution in [0.4, 0.5) is 0 Å². The van der Waals surface area contributed by atoms with Crippen molar-refractivity contribution >= 4 is 17.7 Å². The zero-order valence-corrected chi connectivity index (χ0v) is 17.5. The van der Waals surface area contributed by atoms with Crippen LogP contribution in [0.5, 0.6) is 0 Å². The highest BCUT2D eigenvalue weighted by atomic mass is 16.2. The number of amides is 3. The molecule has 2 aliphatic heterocycles. The summed E-state index contributed by atoms with van der Waals surface area (Å²) >= 11 is 0. The summed E-state index contributed by atoms with van der Waals surface area (Å²) in [5.41, 5.74) is 2.28. The SMILES string of the molecule is CCCNC(=O)CN1CCN(C(=O)C2CC(=O)N(Cc3ccc(C)cc3)C2)CC1. The van der Waals surface area contributed by atoms with Crippen molar-refractivity contribution in [2.75, 3.05) is 45.8 Å². The van der Waals surface area contributed by atoms with E-state index in [1.54, 1.807) is 4.90 Å². The van der Waals surface area contributed by atoms with Crippen LogP contribution in [0.2, 0.25) is 0 Å². The third-order valence-electron chi connectivity index (χ3n) is 5.68. The van der Waals surface area contributed by atoms with Gasteiger partial charge in [-0.05, 0) is 18.9 Å². The molecule has 1 atom stereocenters. The first-order chi connectivity index (χ1) is 14.0. The summed E-state index contributed by atoms with van der Waals surface area (Å²) in [6, 6.07) is 8.16. The maximum Gasteiger partial charge on any atom is 0.234 e. The number of piperazine rings is 1. The van der Waals surface area contributed by atoms with Gasteiger partial charge in [-0.1, -0.05) is 36.8 Å². The summed E-state index contributed by atoms with van der Waals surface area (Å²) in [4.78, 5) is 42.9. The van der Waals surface area contributed by atoms with Crippen molar-refractivity contribution < 1.29 is 14.4 Å². The van der Waals surface area contributed by atoms with Crippen LogP contribution < -0.4 is 5.32 Å². The van der Waals surface area contributed by atoms with Gasteiger partial charge >= 0.3 is 0 Å². The molecule has 0 aromatic heterocycles. The highest BCUT2D eigenvalue weighted by Gasteiger charge is 2.37. The number of hydrogen-bond donors (Lipinski definition) is 1. The average molecular weight is 401 g/mol. The Bertz CT molecular complexity index is 726. The zero-order chi connectivity index (χ0) is 20.8. The van der Waals surface area contributed by atoms with Gasteiger partial charge in [-0.3, -0.25) is 19.3 Å². The van der Waals surface area contributed by atoms with Crippen molar-refractivity contribution in [3.05, 3.63) is 35.4 Å². The maximum absolute atomic E-state index is 12.9. The molecular formula is C22H32N4O3. The Balaban J connectivity index is 1.46. The molecule has 7 nitrogen and oxygen atoms in total. The molecule has 1 aromatic carbocycles. The molecule has 29 heavy (non-hydrogen) atoms. The van der Waals surface area contributed by atoms with Gasteiger partial charge < -0.3 is 15.1 Å². The molecular weight excluding hydrogens is 368 g/mol. The highest BCUT2D eigenvalue weighted by Crippen LogP contribution is 2.23. The highest BCUT2D eigenvalue weighted by molar-refractivity contribution is 5.89. The number of rotatable bonds is 7. The molecule has 0 aliphatic carbocycles. The van der Waals surface area contributed by atoms with Crippen LogP contribution >= 0.6 is 0 Å². The predicted molar refractivity (Wildman–Crippen MR) is 111 cm³/mol. The lowest BCUT2D eigenvalue weighted by Gasteiger charge is -2.35. The van der Waals surface area contributed by atoms with Gasteiger partial charge in [0, 0.05) is 52.2 Å². The fourth-order valence-corrected chi connectivity index (χ4v) is 3.91. The Kier molecular flexibility index (Phi) is 7.25. The van der Waals surface area contributed by atoms with E-state index in [1.165, 1.54) is 5.56 Å². The summed E-state index contributed by atoms with van der Waals surface area (Å²) in [6.45, 7) is 8.81. The Morgan fingerprint density at radius 1 is 1.10 bits per heavy atom. The fourth-order valence-electron chi connectivity index (χ4n) is 3.91. The van der Waals surface area contributed by atoms with Crippen LogP contribution in [-0.2, 0) is 20.9 Å². The van der Waals surface area contributed by atoms with E-state index in [9.17, 15) is 14.4 Å². The number of aryl methyl sites for hydroxylation is 1. The standard InChI is InChI=1S/C22H32N4O3/c1-3-8-23-20(27)16-24-9-11-25(12-10-24)22(29)19-13-21(28)26(15-19)14-18-6-4-17(2)5-7-18/h4-7,19H,3,8-16H2,1-2H3,(H,23,27). The molecule has 3 rings (SSSR count). The van der Waals surface area contributed by atoms with E-state index < -0.39 is 0 Å². The fraction of sp³-hybridized carbons (Fsp3) is 0.591. The Morgan fingerprint density at radius 3 is 2.45 bits per heavy atom. The smallest absolute Gasteiger partial charge is 0.234 e. The maximum atomic E-state index is 12.9. The Labute approximate surface area is 173 Å². The van der Waals surface area contributed by atoms with Crippen LogP contribution in [0.3, 0.4) is 0 Å². The van der Waals surface area contributed by atoms with Gasteiger partial charge in [0.15, 0.2) is 0 Å². The quantitative estimate of drug-likeness (QED) is 0.742. The molecule has 2 saturated heterocycles. The number of carbonyl (C=O) groups excluding carboxylic acids is 3. The Morgan fingerprint density at radius 2 is 1.79 bits per heavy atom. The molecule has 1 N–H and O–H groups in total. The average Bonchev–Trinajstić information content (AvgIpc) is 3.08. The first kappa shape index (κ1) is 21.3. The molecule has 2 aliphatic rings. The number of benzene rings is 1. The molecule has 2 fully saturated rings. The third-order valence-corrected chi connectivity index (χ3v) is 5.68. The van der Waals surface area contributed by atoms with E-state index in [4.69, 9.17) is 0 Å². The van der Waals surface area contributed by atoms with Crippen molar-refractivity contribution in [2.24, 2.45) is 5.92 Å². The van der Waals surface area contributed by atoms with E-state index in [-0.39, 0.29) is 23.6 Å². The minimum Gasteiger partial charge on any atom is -0.355 e. The molecule has 0 radical (unpaired) electrons. The molecule has 0 saturated carbocycles. The number of hydrogen-bond acceptors (Lipinski definition) is 4. The normalized spacial score (nSPS) is 20.2. The minimum absolute atomic E-state index is 0.0414. The minimum atomic E-state index is -0.257. The van der Waals surface area contributed by atoms with Gasteiger partial charge in [-0.25, -0.2) is 0 Å². The second-order valence-corrected chi connectivity index (χ2v) is 8.11. The van der Waals surface area contributed by atoms with Crippen molar-refractivity contribution in [2.45, 2.75) is 33.2 Å². The summed E-state index contributed by atoms with van der Waals surface area (Å²) < 4.78 is 0.